The maximum atomic E-state index is 12.7. The Hall–Kier alpha value is -2.10. The molecule has 0 spiro atoms. The minimum absolute atomic E-state index is 0.0860. The zero-order valence-corrected chi connectivity index (χ0v) is 12.1. The number of carbonyl (C=O) groups is 1. The fraction of sp³-hybridized carbons (Fsp3) is 0.375. The van der Waals surface area contributed by atoms with Gasteiger partial charge in [-0.3, -0.25) is 9.48 Å². The summed E-state index contributed by atoms with van der Waals surface area (Å²) in [7, 11) is 1.89. The minimum atomic E-state index is -0.337. The van der Waals surface area contributed by atoms with Gasteiger partial charge in [0.25, 0.3) is 0 Å². The zero-order chi connectivity index (χ0) is 14.3. The molecule has 1 aromatic carbocycles. The van der Waals surface area contributed by atoms with Crippen molar-refractivity contribution < 1.29 is 4.79 Å². The van der Waals surface area contributed by atoms with Crippen molar-refractivity contribution in [1.82, 2.24) is 9.78 Å². The van der Waals surface area contributed by atoms with Crippen LogP contribution in [0.5, 0.6) is 0 Å². The molecule has 4 nitrogen and oxygen atoms in total. The summed E-state index contributed by atoms with van der Waals surface area (Å²) in [5, 5.41) is 7.42. The van der Waals surface area contributed by atoms with Crippen molar-refractivity contribution >= 4 is 11.6 Å². The molecular weight excluding hydrogens is 250 g/mol. The van der Waals surface area contributed by atoms with Gasteiger partial charge in [-0.05, 0) is 32.3 Å². The molecule has 1 amide bonds. The summed E-state index contributed by atoms with van der Waals surface area (Å²) in [5.41, 5.74) is 3.47. The van der Waals surface area contributed by atoms with E-state index < -0.39 is 0 Å². The van der Waals surface area contributed by atoms with Crippen molar-refractivity contribution in [3.8, 4) is 0 Å². The number of benzene rings is 1. The molecule has 1 fully saturated rings. The SMILES string of the molecule is Cc1nn(C)c(C)c1NC(=O)C1(c2ccccc2)CC1. The summed E-state index contributed by atoms with van der Waals surface area (Å²) in [6.45, 7) is 3.89. The van der Waals surface area contributed by atoms with Crippen LogP contribution < -0.4 is 5.32 Å². The molecule has 4 heteroatoms. The minimum Gasteiger partial charge on any atom is -0.322 e. The monoisotopic (exact) mass is 269 g/mol. The quantitative estimate of drug-likeness (QED) is 0.931. The summed E-state index contributed by atoms with van der Waals surface area (Å²) in [6, 6.07) is 10.0. The number of rotatable bonds is 3. The lowest BCUT2D eigenvalue weighted by atomic mass is 9.95. The van der Waals surface area contributed by atoms with Crippen LogP contribution in [0.2, 0.25) is 0 Å². The fourth-order valence-corrected chi connectivity index (χ4v) is 2.72. The van der Waals surface area contributed by atoms with E-state index in [0.29, 0.717) is 0 Å². The van der Waals surface area contributed by atoms with Gasteiger partial charge in [0.05, 0.1) is 22.5 Å². The van der Waals surface area contributed by atoms with Crippen LogP contribution in [-0.2, 0) is 17.3 Å². The van der Waals surface area contributed by atoms with E-state index in [0.717, 1.165) is 35.5 Å². The molecule has 1 N–H and O–H groups in total. The number of amides is 1. The molecule has 20 heavy (non-hydrogen) atoms. The Morgan fingerprint density at radius 2 is 1.90 bits per heavy atom. The molecule has 104 valence electrons. The van der Waals surface area contributed by atoms with Crippen LogP contribution in [0.1, 0.15) is 29.8 Å². The highest BCUT2D eigenvalue weighted by molar-refractivity contribution is 6.02. The molecular formula is C16H19N3O. The Morgan fingerprint density at radius 3 is 2.40 bits per heavy atom. The smallest absolute Gasteiger partial charge is 0.235 e. The molecule has 0 bridgehead atoms. The third-order valence-corrected chi connectivity index (χ3v) is 4.26. The highest BCUT2D eigenvalue weighted by atomic mass is 16.2. The average Bonchev–Trinajstić information content (AvgIpc) is 3.22. The first-order valence-electron chi connectivity index (χ1n) is 6.92. The van der Waals surface area contributed by atoms with Crippen molar-refractivity contribution in [1.29, 1.82) is 0 Å². The third-order valence-electron chi connectivity index (χ3n) is 4.26. The summed E-state index contributed by atoms with van der Waals surface area (Å²) < 4.78 is 1.80. The van der Waals surface area contributed by atoms with E-state index in [-0.39, 0.29) is 11.3 Å². The van der Waals surface area contributed by atoms with Crippen LogP contribution in [0, 0.1) is 13.8 Å². The lowest BCUT2D eigenvalue weighted by Crippen LogP contribution is -2.28. The number of aryl methyl sites for hydroxylation is 2. The highest BCUT2D eigenvalue weighted by Gasteiger charge is 2.51. The number of hydrogen-bond donors (Lipinski definition) is 1. The van der Waals surface area contributed by atoms with Crippen molar-refractivity contribution in [2.24, 2.45) is 7.05 Å². The van der Waals surface area contributed by atoms with E-state index >= 15 is 0 Å². The van der Waals surface area contributed by atoms with E-state index in [1.54, 1.807) is 4.68 Å². The van der Waals surface area contributed by atoms with Gasteiger partial charge in [0, 0.05) is 7.05 Å². The lowest BCUT2D eigenvalue weighted by Gasteiger charge is -2.16. The second kappa shape index (κ2) is 4.47. The van der Waals surface area contributed by atoms with Gasteiger partial charge in [-0.25, -0.2) is 0 Å². The van der Waals surface area contributed by atoms with Crippen LogP contribution in [0.3, 0.4) is 0 Å². The molecule has 0 atom stereocenters. The zero-order valence-electron chi connectivity index (χ0n) is 12.1. The maximum Gasteiger partial charge on any atom is 0.235 e. The molecule has 0 saturated heterocycles. The number of nitrogens with one attached hydrogen (secondary N) is 1. The van der Waals surface area contributed by atoms with Crippen molar-refractivity contribution in [2.75, 3.05) is 5.32 Å². The Bertz CT molecular complexity index is 654. The van der Waals surface area contributed by atoms with Gasteiger partial charge in [0.2, 0.25) is 5.91 Å². The number of nitrogens with zero attached hydrogens (tertiary/aromatic N) is 2. The molecule has 1 aromatic heterocycles. The molecule has 1 aliphatic rings. The van der Waals surface area contributed by atoms with Gasteiger partial charge in [-0.15, -0.1) is 0 Å². The van der Waals surface area contributed by atoms with Gasteiger partial charge in [0.15, 0.2) is 0 Å². The van der Waals surface area contributed by atoms with Gasteiger partial charge >= 0.3 is 0 Å². The molecule has 1 aliphatic carbocycles. The lowest BCUT2D eigenvalue weighted by molar-refractivity contribution is -0.118. The molecule has 0 radical (unpaired) electrons. The Labute approximate surface area is 118 Å². The fourth-order valence-electron chi connectivity index (χ4n) is 2.72. The first kappa shape index (κ1) is 12.9. The van der Waals surface area contributed by atoms with E-state index in [2.05, 4.69) is 10.4 Å². The Balaban J connectivity index is 1.87. The summed E-state index contributed by atoms with van der Waals surface area (Å²) in [4.78, 5) is 12.7. The molecule has 0 aliphatic heterocycles. The van der Waals surface area contributed by atoms with Crippen molar-refractivity contribution in [3.63, 3.8) is 0 Å². The van der Waals surface area contributed by atoms with Crippen LogP contribution in [0.15, 0.2) is 30.3 Å². The van der Waals surface area contributed by atoms with Crippen LogP contribution in [0.4, 0.5) is 5.69 Å². The van der Waals surface area contributed by atoms with Gasteiger partial charge in [0.1, 0.15) is 0 Å². The number of aromatic nitrogens is 2. The van der Waals surface area contributed by atoms with Gasteiger partial charge in [-0.1, -0.05) is 30.3 Å². The number of carbonyl (C=O) groups excluding carboxylic acids is 1. The van der Waals surface area contributed by atoms with Crippen LogP contribution in [0.25, 0.3) is 0 Å². The average molecular weight is 269 g/mol. The highest BCUT2D eigenvalue weighted by Crippen LogP contribution is 2.49. The maximum absolute atomic E-state index is 12.7. The summed E-state index contributed by atoms with van der Waals surface area (Å²) >= 11 is 0. The molecule has 3 rings (SSSR count). The van der Waals surface area contributed by atoms with Gasteiger partial charge < -0.3 is 5.32 Å². The molecule has 0 unspecified atom stereocenters. The number of anilines is 1. The van der Waals surface area contributed by atoms with Gasteiger partial charge in [-0.2, -0.15) is 5.10 Å². The largest absolute Gasteiger partial charge is 0.322 e. The van der Waals surface area contributed by atoms with Crippen LogP contribution >= 0.6 is 0 Å². The summed E-state index contributed by atoms with van der Waals surface area (Å²) in [5.74, 6) is 0.0860. The third kappa shape index (κ3) is 1.92. The van der Waals surface area contributed by atoms with Crippen LogP contribution in [-0.4, -0.2) is 15.7 Å². The Morgan fingerprint density at radius 1 is 1.25 bits per heavy atom. The standard InChI is InChI=1S/C16H19N3O/c1-11-14(12(2)19(3)18-11)17-15(20)16(9-10-16)13-7-5-4-6-8-13/h4-8H,9-10H2,1-3H3,(H,17,20). The predicted octanol–water partition coefficient (Wildman–Crippen LogP) is 2.71. The second-order valence-electron chi connectivity index (χ2n) is 5.57. The Kier molecular flexibility index (Phi) is 2.89. The van der Waals surface area contributed by atoms with E-state index in [9.17, 15) is 4.79 Å². The normalized spacial score (nSPS) is 15.9. The first-order valence-corrected chi connectivity index (χ1v) is 6.92. The van der Waals surface area contributed by atoms with E-state index in [4.69, 9.17) is 0 Å². The van der Waals surface area contributed by atoms with Crippen molar-refractivity contribution in [3.05, 3.63) is 47.3 Å². The first-order chi connectivity index (χ1) is 9.54. The topological polar surface area (TPSA) is 46.9 Å². The summed E-state index contributed by atoms with van der Waals surface area (Å²) in [6.07, 6.45) is 1.84. The number of hydrogen-bond acceptors (Lipinski definition) is 2. The molecule has 2 aromatic rings. The molecule has 1 saturated carbocycles. The van der Waals surface area contributed by atoms with E-state index in [1.165, 1.54) is 0 Å². The molecule has 1 heterocycles. The van der Waals surface area contributed by atoms with Crippen molar-refractivity contribution in [2.45, 2.75) is 32.1 Å². The predicted molar refractivity (Wildman–Crippen MR) is 78.7 cm³/mol. The van der Waals surface area contributed by atoms with E-state index in [1.807, 2.05) is 51.2 Å². The second-order valence-corrected chi connectivity index (χ2v) is 5.57.